The van der Waals surface area contributed by atoms with E-state index in [1.54, 1.807) is 0 Å². The third-order valence-electron chi connectivity index (χ3n) is 2.11. The van der Waals surface area contributed by atoms with Gasteiger partial charge in [0.1, 0.15) is 0 Å². The first-order chi connectivity index (χ1) is 7.66. The van der Waals surface area contributed by atoms with E-state index in [1.807, 2.05) is 0 Å². The lowest BCUT2D eigenvalue weighted by Gasteiger charge is -2.03. The first-order valence-corrected chi connectivity index (χ1v) is 6.77. The summed E-state index contributed by atoms with van der Waals surface area (Å²) in [4.78, 5) is 21.4. The normalized spacial score (nSPS) is 10.1. The van der Waals surface area contributed by atoms with Gasteiger partial charge in [0.25, 0.3) is 0 Å². The Morgan fingerprint density at radius 2 is 1.81 bits per heavy atom. The molecular weight excluding hydrogens is 226 g/mol. The van der Waals surface area contributed by atoms with Crippen molar-refractivity contribution in [3.8, 4) is 0 Å². The van der Waals surface area contributed by atoms with Crippen molar-refractivity contribution in [3.63, 3.8) is 0 Å². The summed E-state index contributed by atoms with van der Waals surface area (Å²) >= 11 is 1.18. The molecule has 1 amide bonds. The molecule has 0 aliphatic carbocycles. The molecule has 0 atom stereocenters. The first-order valence-electron chi connectivity index (χ1n) is 5.79. The fourth-order valence-corrected chi connectivity index (χ4v) is 1.85. The van der Waals surface area contributed by atoms with E-state index in [4.69, 9.17) is 5.11 Å². The van der Waals surface area contributed by atoms with Crippen LogP contribution in [0.2, 0.25) is 0 Å². The van der Waals surface area contributed by atoms with Gasteiger partial charge in [0.05, 0.1) is 6.42 Å². The van der Waals surface area contributed by atoms with Crippen LogP contribution in [0.3, 0.4) is 0 Å². The van der Waals surface area contributed by atoms with Gasteiger partial charge in [0.2, 0.25) is 5.91 Å². The van der Waals surface area contributed by atoms with Gasteiger partial charge in [-0.15, -0.1) is 0 Å². The van der Waals surface area contributed by atoms with E-state index in [0.29, 0.717) is 12.2 Å². The predicted octanol–water partition coefficient (Wildman–Crippen LogP) is 2.59. The molecule has 0 bridgehead atoms. The average molecular weight is 247 g/mol. The Kier molecular flexibility index (Phi) is 10.3. The molecule has 0 aromatic heterocycles. The molecule has 0 aromatic rings. The number of carboxylic acids is 1. The topological polar surface area (TPSA) is 66.4 Å². The molecule has 5 heteroatoms. The van der Waals surface area contributed by atoms with Crippen molar-refractivity contribution in [1.29, 1.82) is 0 Å². The number of amides is 1. The van der Waals surface area contributed by atoms with E-state index in [2.05, 4.69) is 11.6 Å². The molecule has 0 aliphatic heterocycles. The highest BCUT2D eigenvalue weighted by atomic mass is 32.2. The minimum absolute atomic E-state index is 0.00638. The Balaban J connectivity index is 3.21. The Morgan fingerprint density at radius 1 is 1.12 bits per heavy atom. The molecule has 0 saturated heterocycles. The van der Waals surface area contributed by atoms with Crippen LogP contribution in [-0.4, -0.2) is 22.7 Å². The number of hydrogen-bond acceptors (Lipinski definition) is 3. The summed E-state index contributed by atoms with van der Waals surface area (Å²) in [6, 6.07) is 0. The van der Waals surface area contributed by atoms with Crippen LogP contribution in [0.5, 0.6) is 0 Å². The number of carboxylic acid groups (broad SMARTS) is 1. The Bertz CT molecular complexity index is 209. The maximum Gasteiger partial charge on any atom is 0.304 e. The first kappa shape index (κ1) is 15.3. The van der Waals surface area contributed by atoms with E-state index in [0.717, 1.165) is 12.8 Å². The second kappa shape index (κ2) is 10.8. The van der Waals surface area contributed by atoms with Crippen molar-refractivity contribution in [1.82, 2.24) is 4.72 Å². The van der Waals surface area contributed by atoms with Crippen molar-refractivity contribution in [3.05, 3.63) is 0 Å². The van der Waals surface area contributed by atoms with Crippen LogP contribution in [0.25, 0.3) is 0 Å². The predicted molar refractivity (Wildman–Crippen MR) is 66.2 cm³/mol. The number of carbonyl (C=O) groups excluding carboxylic acids is 1. The summed E-state index contributed by atoms with van der Waals surface area (Å²) < 4.78 is 2.64. The van der Waals surface area contributed by atoms with Crippen molar-refractivity contribution in [2.24, 2.45) is 0 Å². The lowest BCUT2D eigenvalue weighted by Crippen LogP contribution is -2.16. The summed E-state index contributed by atoms with van der Waals surface area (Å²) in [6.07, 6.45) is 6.28. The van der Waals surface area contributed by atoms with Crippen LogP contribution >= 0.6 is 11.9 Å². The fraction of sp³-hybridized carbons (Fsp3) is 0.818. The van der Waals surface area contributed by atoms with Gasteiger partial charge in [0, 0.05) is 12.2 Å². The smallest absolute Gasteiger partial charge is 0.304 e. The third-order valence-corrected chi connectivity index (χ3v) is 2.89. The highest BCUT2D eigenvalue weighted by Crippen LogP contribution is 2.06. The van der Waals surface area contributed by atoms with E-state index in [1.165, 1.54) is 31.2 Å². The highest BCUT2D eigenvalue weighted by molar-refractivity contribution is 7.97. The van der Waals surface area contributed by atoms with Crippen molar-refractivity contribution < 1.29 is 14.7 Å². The van der Waals surface area contributed by atoms with Gasteiger partial charge in [-0.1, -0.05) is 32.6 Å². The number of aliphatic carboxylic acids is 1. The lowest BCUT2D eigenvalue weighted by atomic mass is 10.1. The van der Waals surface area contributed by atoms with Crippen LogP contribution in [0.1, 0.15) is 51.9 Å². The Morgan fingerprint density at radius 3 is 2.44 bits per heavy atom. The van der Waals surface area contributed by atoms with Crippen LogP contribution in [0, 0.1) is 0 Å². The van der Waals surface area contributed by atoms with Crippen LogP contribution in [0.15, 0.2) is 0 Å². The second-order valence-electron chi connectivity index (χ2n) is 3.68. The van der Waals surface area contributed by atoms with E-state index < -0.39 is 5.97 Å². The number of nitrogens with one attached hydrogen (secondary N) is 1. The molecule has 4 nitrogen and oxygen atoms in total. The van der Waals surface area contributed by atoms with Crippen LogP contribution in [-0.2, 0) is 9.59 Å². The maximum atomic E-state index is 11.2. The van der Waals surface area contributed by atoms with Gasteiger partial charge < -0.3 is 9.83 Å². The molecule has 16 heavy (non-hydrogen) atoms. The molecule has 0 saturated carbocycles. The second-order valence-corrected chi connectivity index (χ2v) is 4.58. The fourth-order valence-electron chi connectivity index (χ4n) is 1.21. The number of carbonyl (C=O) groups is 2. The zero-order chi connectivity index (χ0) is 12.2. The monoisotopic (exact) mass is 247 g/mol. The summed E-state index contributed by atoms with van der Waals surface area (Å²) in [6.45, 7) is 2.16. The van der Waals surface area contributed by atoms with E-state index in [-0.39, 0.29) is 12.3 Å². The van der Waals surface area contributed by atoms with Crippen molar-refractivity contribution in [2.45, 2.75) is 51.9 Å². The summed E-state index contributed by atoms with van der Waals surface area (Å²) in [7, 11) is 0. The molecule has 0 rings (SSSR count). The molecule has 94 valence electrons. The van der Waals surface area contributed by atoms with Crippen molar-refractivity contribution >= 4 is 23.8 Å². The zero-order valence-corrected chi connectivity index (χ0v) is 10.6. The van der Waals surface area contributed by atoms with Gasteiger partial charge in [-0.2, -0.15) is 0 Å². The van der Waals surface area contributed by atoms with Crippen molar-refractivity contribution in [2.75, 3.05) is 5.75 Å². The standard InChI is InChI=1S/C11H21NO3S/c1-2-3-4-5-6-7-10(13)12-16-9-8-11(14)15/h2-9H2,1H3,(H,12,13)(H,14,15). The van der Waals surface area contributed by atoms with Gasteiger partial charge in [-0.05, 0) is 18.4 Å². The van der Waals surface area contributed by atoms with Crippen LogP contribution < -0.4 is 4.72 Å². The lowest BCUT2D eigenvalue weighted by molar-refractivity contribution is -0.136. The molecule has 0 fully saturated rings. The molecule has 0 unspecified atom stereocenters. The van der Waals surface area contributed by atoms with E-state index in [9.17, 15) is 9.59 Å². The van der Waals surface area contributed by atoms with Gasteiger partial charge in [0.15, 0.2) is 0 Å². The minimum Gasteiger partial charge on any atom is -0.481 e. The molecule has 0 heterocycles. The van der Waals surface area contributed by atoms with E-state index >= 15 is 0 Å². The Hall–Kier alpha value is -0.710. The summed E-state index contributed by atoms with van der Waals surface area (Å²) in [5.74, 6) is -0.398. The molecule has 0 radical (unpaired) electrons. The van der Waals surface area contributed by atoms with Crippen LogP contribution in [0.4, 0.5) is 0 Å². The largest absolute Gasteiger partial charge is 0.481 e. The summed E-state index contributed by atoms with van der Waals surface area (Å²) in [5, 5.41) is 8.38. The molecule has 0 spiro atoms. The number of hydrogen-bond donors (Lipinski definition) is 2. The molecule has 0 aromatic carbocycles. The highest BCUT2D eigenvalue weighted by Gasteiger charge is 2.02. The Labute approximate surface area is 101 Å². The maximum absolute atomic E-state index is 11.2. The zero-order valence-electron chi connectivity index (χ0n) is 9.83. The molecular formula is C11H21NO3S. The quantitative estimate of drug-likeness (QED) is 0.460. The van der Waals surface area contributed by atoms with Gasteiger partial charge >= 0.3 is 5.97 Å². The number of rotatable bonds is 10. The van der Waals surface area contributed by atoms with Gasteiger partial charge in [-0.25, -0.2) is 0 Å². The molecule has 2 N–H and O–H groups in total. The summed E-state index contributed by atoms with van der Waals surface area (Å²) in [5.41, 5.74) is 0. The number of unbranched alkanes of at least 4 members (excludes halogenated alkanes) is 4. The average Bonchev–Trinajstić information content (AvgIpc) is 2.24. The minimum atomic E-state index is -0.832. The van der Waals surface area contributed by atoms with Gasteiger partial charge in [-0.3, -0.25) is 9.59 Å². The third kappa shape index (κ3) is 11.4. The SMILES string of the molecule is CCCCCCCC(=O)NSCCC(=O)O. The molecule has 0 aliphatic rings.